The first-order chi connectivity index (χ1) is 12.8. The average Bonchev–Trinajstić information content (AvgIpc) is 3.09. The van der Waals surface area contributed by atoms with Gasteiger partial charge in [-0.2, -0.15) is 0 Å². The van der Waals surface area contributed by atoms with Gasteiger partial charge in [0.25, 0.3) is 5.91 Å². The van der Waals surface area contributed by atoms with E-state index in [9.17, 15) is 14.4 Å². The van der Waals surface area contributed by atoms with Crippen LogP contribution in [0.15, 0.2) is 24.3 Å². The summed E-state index contributed by atoms with van der Waals surface area (Å²) in [5.74, 6) is -2.52. The second-order valence-electron chi connectivity index (χ2n) is 6.14. The Morgan fingerprint density at radius 2 is 1.93 bits per heavy atom. The number of ether oxygens (including phenoxy) is 1. The number of aliphatic hydroxyl groups excluding tert-OH is 1. The van der Waals surface area contributed by atoms with Gasteiger partial charge in [0, 0.05) is 13.0 Å². The number of benzene rings is 1. The van der Waals surface area contributed by atoms with Gasteiger partial charge in [0.1, 0.15) is 11.8 Å². The van der Waals surface area contributed by atoms with Crippen molar-refractivity contribution in [2.75, 3.05) is 19.7 Å². The van der Waals surface area contributed by atoms with Crippen molar-refractivity contribution in [1.82, 2.24) is 10.6 Å². The fraction of sp³-hybridized carbons (Fsp3) is 0.500. The largest absolute Gasteiger partial charge is 0.484 e. The molecule has 150 valence electrons. The summed E-state index contributed by atoms with van der Waals surface area (Å²) in [5, 5.41) is 31.3. The highest BCUT2D eigenvalue weighted by Crippen LogP contribution is 2.11. The van der Waals surface area contributed by atoms with Crippen LogP contribution in [-0.4, -0.2) is 65.0 Å². The third-order valence-corrected chi connectivity index (χ3v) is 3.71. The zero-order valence-electron chi connectivity index (χ0n) is 15.2. The zero-order valence-corrected chi connectivity index (χ0v) is 15.2. The van der Waals surface area contributed by atoms with Crippen LogP contribution in [-0.2, 0) is 14.4 Å². The monoisotopic (exact) mass is 382 g/mol. The molecule has 1 aromatic rings. The van der Waals surface area contributed by atoms with Gasteiger partial charge in [0.2, 0.25) is 0 Å². The molecule has 2 atom stereocenters. The van der Waals surface area contributed by atoms with Gasteiger partial charge in [-0.1, -0.05) is 17.7 Å². The molecule has 0 radical (unpaired) electrons. The van der Waals surface area contributed by atoms with Gasteiger partial charge < -0.3 is 30.7 Å². The summed E-state index contributed by atoms with van der Waals surface area (Å²) in [7, 11) is 0. The zero-order chi connectivity index (χ0) is 20.2. The molecular weight excluding hydrogens is 356 g/mol. The van der Waals surface area contributed by atoms with Crippen molar-refractivity contribution in [3.8, 4) is 5.75 Å². The van der Waals surface area contributed by atoms with Crippen LogP contribution < -0.4 is 15.4 Å². The van der Waals surface area contributed by atoms with Gasteiger partial charge in [-0.05, 0) is 38.4 Å². The van der Waals surface area contributed by atoms with Crippen molar-refractivity contribution in [3.63, 3.8) is 0 Å². The quantitative estimate of drug-likeness (QED) is 0.427. The fourth-order valence-corrected chi connectivity index (χ4v) is 2.18. The lowest BCUT2D eigenvalue weighted by atomic mass is 10.1. The van der Waals surface area contributed by atoms with E-state index in [4.69, 9.17) is 20.1 Å². The Morgan fingerprint density at radius 3 is 2.37 bits per heavy atom. The Morgan fingerprint density at radius 1 is 1.26 bits per heavy atom. The van der Waals surface area contributed by atoms with Crippen LogP contribution in [0.2, 0.25) is 0 Å². The lowest BCUT2D eigenvalue weighted by Crippen LogP contribution is -2.43. The predicted octanol–water partition coefficient (Wildman–Crippen LogP) is 0.149. The normalized spacial score (nSPS) is 16.6. The lowest BCUT2D eigenvalue weighted by Gasteiger charge is -2.14. The summed E-state index contributed by atoms with van der Waals surface area (Å²) in [6.07, 6.45) is 0.349. The van der Waals surface area contributed by atoms with E-state index in [2.05, 4.69) is 10.6 Å². The maximum Gasteiger partial charge on any atom is 0.326 e. The molecule has 1 fully saturated rings. The van der Waals surface area contributed by atoms with Crippen molar-refractivity contribution in [1.29, 1.82) is 0 Å². The Bertz CT molecular complexity index is 613. The molecule has 0 aliphatic carbocycles. The standard InChI is InChI=1S/C14H17NO6.C4H9NO/c1-9-2-4-10(5-3-9)21-8-12(16)15-11(14(19)20)6-7-13(17)18;6-4-1-2-5-3-4/h2-5,11H,6-8H2,1H3,(H,15,16)(H,17,18)(H,19,20);4-6H,1-3H2/t11-;4-/m01/s1. The molecule has 0 unspecified atom stereocenters. The molecule has 0 saturated carbocycles. The molecule has 1 aromatic carbocycles. The highest BCUT2D eigenvalue weighted by Gasteiger charge is 2.21. The molecule has 1 aliphatic rings. The van der Waals surface area contributed by atoms with Gasteiger partial charge >= 0.3 is 11.9 Å². The molecule has 1 saturated heterocycles. The predicted molar refractivity (Wildman–Crippen MR) is 96.6 cm³/mol. The number of rotatable bonds is 8. The van der Waals surface area contributed by atoms with Crippen molar-refractivity contribution in [2.45, 2.75) is 38.3 Å². The number of carboxylic acid groups (broad SMARTS) is 2. The Kier molecular flexibility index (Phi) is 9.84. The molecule has 0 bridgehead atoms. The average molecular weight is 382 g/mol. The second-order valence-corrected chi connectivity index (χ2v) is 6.14. The maximum atomic E-state index is 11.6. The highest BCUT2D eigenvalue weighted by molar-refractivity contribution is 5.84. The third kappa shape index (κ3) is 10.2. The second kappa shape index (κ2) is 11.9. The molecule has 27 heavy (non-hydrogen) atoms. The number of aliphatic hydroxyl groups is 1. The van der Waals surface area contributed by atoms with Crippen LogP contribution >= 0.6 is 0 Å². The molecule has 9 heteroatoms. The van der Waals surface area contributed by atoms with Crippen molar-refractivity contribution >= 4 is 17.8 Å². The number of hydrogen-bond donors (Lipinski definition) is 5. The van der Waals surface area contributed by atoms with E-state index in [1.807, 2.05) is 19.1 Å². The molecular formula is C18H26N2O7. The number of carbonyl (C=O) groups excluding carboxylic acids is 1. The number of aliphatic carboxylic acids is 2. The van der Waals surface area contributed by atoms with Gasteiger partial charge in [-0.15, -0.1) is 0 Å². The van der Waals surface area contributed by atoms with E-state index < -0.39 is 23.9 Å². The number of aryl methyl sites for hydroxylation is 1. The van der Waals surface area contributed by atoms with Crippen LogP contribution in [0.1, 0.15) is 24.8 Å². The van der Waals surface area contributed by atoms with E-state index in [-0.39, 0.29) is 25.6 Å². The summed E-state index contributed by atoms with van der Waals surface area (Å²) in [5.41, 5.74) is 1.05. The van der Waals surface area contributed by atoms with Crippen LogP contribution in [0.5, 0.6) is 5.75 Å². The van der Waals surface area contributed by atoms with Crippen LogP contribution in [0, 0.1) is 6.92 Å². The van der Waals surface area contributed by atoms with Gasteiger partial charge in [-0.25, -0.2) is 4.79 Å². The van der Waals surface area contributed by atoms with E-state index >= 15 is 0 Å². The number of carbonyl (C=O) groups is 3. The van der Waals surface area contributed by atoms with Crippen LogP contribution in [0.4, 0.5) is 0 Å². The Hall–Kier alpha value is -2.65. The first kappa shape index (κ1) is 22.4. The highest BCUT2D eigenvalue weighted by atomic mass is 16.5. The topological polar surface area (TPSA) is 145 Å². The van der Waals surface area contributed by atoms with Gasteiger partial charge in [0.15, 0.2) is 6.61 Å². The number of amides is 1. The van der Waals surface area contributed by atoms with Gasteiger partial charge in [-0.3, -0.25) is 9.59 Å². The maximum absolute atomic E-state index is 11.6. The first-order valence-corrected chi connectivity index (χ1v) is 8.60. The number of carboxylic acids is 2. The molecule has 5 N–H and O–H groups in total. The molecule has 9 nitrogen and oxygen atoms in total. The molecule has 2 rings (SSSR count). The number of nitrogens with one attached hydrogen (secondary N) is 2. The smallest absolute Gasteiger partial charge is 0.326 e. The van der Waals surface area contributed by atoms with E-state index in [0.717, 1.165) is 25.1 Å². The van der Waals surface area contributed by atoms with Crippen molar-refractivity contribution < 1.29 is 34.4 Å². The third-order valence-electron chi connectivity index (χ3n) is 3.71. The summed E-state index contributed by atoms with van der Waals surface area (Å²) in [6, 6.07) is 5.79. The molecule has 1 heterocycles. The van der Waals surface area contributed by atoms with Crippen molar-refractivity contribution in [2.24, 2.45) is 0 Å². The minimum absolute atomic E-state index is 0.0648. The minimum Gasteiger partial charge on any atom is -0.484 e. The number of β-amino-alcohol motifs (C(OH)–C–C–N with tert-alkyl or cyclic N) is 1. The summed E-state index contributed by atoms with van der Waals surface area (Å²) in [4.78, 5) is 32.9. The molecule has 1 aliphatic heterocycles. The fourth-order valence-electron chi connectivity index (χ4n) is 2.18. The Labute approximate surface area is 157 Å². The molecule has 0 spiro atoms. The van der Waals surface area contributed by atoms with Crippen molar-refractivity contribution in [3.05, 3.63) is 29.8 Å². The summed E-state index contributed by atoms with van der Waals surface area (Å²) in [6.45, 7) is 3.36. The summed E-state index contributed by atoms with van der Waals surface area (Å²) >= 11 is 0. The van der Waals surface area contributed by atoms with Crippen LogP contribution in [0.25, 0.3) is 0 Å². The minimum atomic E-state index is -1.28. The Balaban J connectivity index is 0.000000511. The SMILES string of the molecule is Cc1ccc(OCC(=O)N[C@@H](CCC(=O)O)C(=O)O)cc1.O[C@@H]1CCNC1. The van der Waals surface area contributed by atoms with E-state index in [1.54, 1.807) is 12.1 Å². The number of hydrogen-bond acceptors (Lipinski definition) is 6. The van der Waals surface area contributed by atoms with E-state index in [1.165, 1.54) is 0 Å². The molecule has 1 amide bonds. The van der Waals surface area contributed by atoms with Gasteiger partial charge in [0.05, 0.1) is 6.10 Å². The van der Waals surface area contributed by atoms with Crippen LogP contribution in [0.3, 0.4) is 0 Å². The molecule has 0 aromatic heterocycles. The summed E-state index contributed by atoms with van der Waals surface area (Å²) < 4.78 is 5.21. The lowest BCUT2D eigenvalue weighted by molar-refractivity contribution is -0.143. The van der Waals surface area contributed by atoms with E-state index in [0.29, 0.717) is 5.75 Å². The first-order valence-electron chi connectivity index (χ1n) is 8.60.